The zero-order valence-electron chi connectivity index (χ0n) is 12.0. The summed E-state index contributed by atoms with van der Waals surface area (Å²) >= 11 is 0. The third kappa shape index (κ3) is 2.43. The molecule has 0 bridgehead atoms. The number of rotatable bonds is 3. The number of aromatic nitrogens is 4. The van der Waals surface area contributed by atoms with Gasteiger partial charge in [0.1, 0.15) is 11.4 Å². The highest BCUT2D eigenvalue weighted by molar-refractivity contribution is 5.60. The minimum absolute atomic E-state index is 0.418. The maximum Gasteiger partial charge on any atom is 0.276 e. The molecule has 1 aliphatic heterocycles. The van der Waals surface area contributed by atoms with Gasteiger partial charge in [-0.3, -0.25) is 9.97 Å². The van der Waals surface area contributed by atoms with Gasteiger partial charge in [0.2, 0.25) is 5.82 Å². The molecule has 0 radical (unpaired) electrons. The lowest BCUT2D eigenvalue weighted by Crippen LogP contribution is -2.17. The SMILES string of the molecule is c1ccc(-c2noc(-c3cc(N4CCCC4)ccn3)n2)nc1. The molecule has 1 fully saturated rings. The smallest absolute Gasteiger partial charge is 0.276 e. The molecule has 0 amide bonds. The Balaban J connectivity index is 1.65. The molecular weight excluding hydrogens is 278 g/mol. The van der Waals surface area contributed by atoms with Crippen LogP contribution in [0.4, 0.5) is 5.69 Å². The van der Waals surface area contributed by atoms with E-state index in [1.165, 1.54) is 12.8 Å². The van der Waals surface area contributed by atoms with Gasteiger partial charge in [0.05, 0.1) is 0 Å². The molecule has 4 heterocycles. The molecule has 110 valence electrons. The van der Waals surface area contributed by atoms with Crippen molar-refractivity contribution < 1.29 is 4.52 Å². The molecule has 6 heteroatoms. The Hall–Kier alpha value is -2.76. The predicted molar refractivity (Wildman–Crippen MR) is 82.2 cm³/mol. The van der Waals surface area contributed by atoms with Crippen molar-refractivity contribution in [2.75, 3.05) is 18.0 Å². The van der Waals surface area contributed by atoms with Crippen molar-refractivity contribution in [3.63, 3.8) is 0 Å². The largest absolute Gasteiger partial charge is 0.371 e. The molecule has 4 rings (SSSR count). The van der Waals surface area contributed by atoms with Gasteiger partial charge in [-0.1, -0.05) is 11.2 Å². The summed E-state index contributed by atoms with van der Waals surface area (Å²) in [5, 5.41) is 3.99. The zero-order chi connectivity index (χ0) is 14.8. The van der Waals surface area contributed by atoms with Crippen LogP contribution < -0.4 is 4.90 Å². The fourth-order valence-electron chi connectivity index (χ4n) is 2.63. The number of pyridine rings is 2. The Kier molecular flexibility index (Phi) is 3.27. The van der Waals surface area contributed by atoms with Crippen molar-refractivity contribution in [2.24, 2.45) is 0 Å². The maximum absolute atomic E-state index is 5.34. The first kappa shape index (κ1) is 12.9. The van der Waals surface area contributed by atoms with Crippen LogP contribution in [0.1, 0.15) is 12.8 Å². The summed E-state index contributed by atoms with van der Waals surface area (Å²) in [6.07, 6.45) is 5.97. The van der Waals surface area contributed by atoms with Crippen LogP contribution in [0.5, 0.6) is 0 Å². The van der Waals surface area contributed by atoms with E-state index in [0.29, 0.717) is 23.1 Å². The fourth-order valence-corrected chi connectivity index (χ4v) is 2.63. The van der Waals surface area contributed by atoms with Crippen LogP contribution in [0.2, 0.25) is 0 Å². The van der Waals surface area contributed by atoms with E-state index in [-0.39, 0.29) is 0 Å². The molecular formula is C16H15N5O. The summed E-state index contributed by atoms with van der Waals surface area (Å²) in [4.78, 5) is 15.3. The summed E-state index contributed by atoms with van der Waals surface area (Å²) in [5.74, 6) is 0.894. The van der Waals surface area contributed by atoms with Crippen LogP contribution in [-0.4, -0.2) is 33.2 Å². The molecule has 0 atom stereocenters. The number of hydrogen-bond acceptors (Lipinski definition) is 6. The van der Waals surface area contributed by atoms with E-state index >= 15 is 0 Å². The highest BCUT2D eigenvalue weighted by Gasteiger charge is 2.16. The van der Waals surface area contributed by atoms with Crippen molar-refractivity contribution in [3.05, 3.63) is 42.7 Å². The van der Waals surface area contributed by atoms with Gasteiger partial charge in [0, 0.05) is 31.2 Å². The molecule has 3 aromatic heterocycles. The third-order valence-corrected chi connectivity index (χ3v) is 3.75. The van der Waals surface area contributed by atoms with E-state index in [9.17, 15) is 0 Å². The second-order valence-corrected chi connectivity index (χ2v) is 5.23. The van der Waals surface area contributed by atoms with Crippen LogP contribution in [0.3, 0.4) is 0 Å². The predicted octanol–water partition coefficient (Wildman–Crippen LogP) is 2.79. The minimum atomic E-state index is 0.418. The number of nitrogens with zero attached hydrogens (tertiary/aromatic N) is 5. The molecule has 6 nitrogen and oxygen atoms in total. The van der Waals surface area contributed by atoms with Gasteiger partial charge in [-0.25, -0.2) is 0 Å². The molecule has 0 aliphatic carbocycles. The summed E-state index contributed by atoms with van der Waals surface area (Å²) in [7, 11) is 0. The zero-order valence-corrected chi connectivity index (χ0v) is 12.0. The second kappa shape index (κ2) is 5.55. The number of hydrogen-bond donors (Lipinski definition) is 0. The van der Waals surface area contributed by atoms with E-state index in [0.717, 1.165) is 18.8 Å². The van der Waals surface area contributed by atoms with E-state index in [1.807, 2.05) is 30.3 Å². The van der Waals surface area contributed by atoms with Crippen LogP contribution >= 0.6 is 0 Å². The van der Waals surface area contributed by atoms with Crippen LogP contribution in [-0.2, 0) is 0 Å². The average Bonchev–Trinajstić information content (AvgIpc) is 3.28. The molecule has 0 aromatic carbocycles. The van der Waals surface area contributed by atoms with Gasteiger partial charge in [0.25, 0.3) is 5.89 Å². The summed E-state index contributed by atoms with van der Waals surface area (Å²) in [5.41, 5.74) is 2.53. The topological polar surface area (TPSA) is 67.9 Å². The van der Waals surface area contributed by atoms with Crippen LogP contribution in [0, 0.1) is 0 Å². The van der Waals surface area contributed by atoms with Gasteiger partial charge in [-0.2, -0.15) is 4.98 Å². The summed E-state index contributed by atoms with van der Waals surface area (Å²) in [6.45, 7) is 2.18. The molecule has 3 aromatic rings. The van der Waals surface area contributed by atoms with Gasteiger partial charge in [-0.05, 0) is 37.1 Å². The first-order valence-electron chi connectivity index (χ1n) is 7.37. The van der Waals surface area contributed by atoms with E-state index in [2.05, 4.69) is 25.0 Å². The highest BCUT2D eigenvalue weighted by atomic mass is 16.5. The average molecular weight is 293 g/mol. The van der Waals surface area contributed by atoms with Crippen LogP contribution in [0.25, 0.3) is 23.1 Å². The van der Waals surface area contributed by atoms with Crippen molar-refractivity contribution >= 4 is 5.69 Å². The lowest BCUT2D eigenvalue weighted by Gasteiger charge is -2.17. The third-order valence-electron chi connectivity index (χ3n) is 3.75. The fraction of sp³-hybridized carbons (Fsp3) is 0.250. The van der Waals surface area contributed by atoms with Crippen molar-refractivity contribution in [2.45, 2.75) is 12.8 Å². The molecule has 0 unspecified atom stereocenters. The van der Waals surface area contributed by atoms with Gasteiger partial charge < -0.3 is 9.42 Å². The van der Waals surface area contributed by atoms with Gasteiger partial charge in [0.15, 0.2) is 0 Å². The number of anilines is 1. The normalized spacial score (nSPS) is 14.5. The van der Waals surface area contributed by atoms with E-state index in [4.69, 9.17) is 4.52 Å². The molecule has 0 N–H and O–H groups in total. The van der Waals surface area contributed by atoms with Crippen LogP contribution in [0.15, 0.2) is 47.2 Å². The molecule has 0 spiro atoms. The monoisotopic (exact) mass is 293 g/mol. The Bertz CT molecular complexity index is 765. The van der Waals surface area contributed by atoms with E-state index in [1.54, 1.807) is 12.4 Å². The van der Waals surface area contributed by atoms with Crippen molar-refractivity contribution in [3.8, 4) is 23.1 Å². The molecule has 0 saturated carbocycles. The summed E-state index contributed by atoms with van der Waals surface area (Å²) < 4.78 is 5.34. The standard InChI is InChI=1S/C16H15N5O/c1-2-7-17-13(5-1)15-19-16(22-20-15)14-11-12(6-8-18-14)21-9-3-4-10-21/h1-2,5-8,11H,3-4,9-10H2. The lowest BCUT2D eigenvalue weighted by molar-refractivity contribution is 0.431. The minimum Gasteiger partial charge on any atom is -0.371 e. The highest BCUT2D eigenvalue weighted by Crippen LogP contribution is 2.25. The Labute approximate surface area is 127 Å². The Morgan fingerprint density at radius 3 is 2.64 bits per heavy atom. The lowest BCUT2D eigenvalue weighted by atomic mass is 10.3. The van der Waals surface area contributed by atoms with Crippen molar-refractivity contribution in [1.82, 2.24) is 20.1 Å². The van der Waals surface area contributed by atoms with E-state index < -0.39 is 0 Å². The molecule has 1 saturated heterocycles. The second-order valence-electron chi connectivity index (χ2n) is 5.23. The first-order valence-corrected chi connectivity index (χ1v) is 7.37. The molecule has 22 heavy (non-hydrogen) atoms. The maximum atomic E-state index is 5.34. The Morgan fingerprint density at radius 1 is 0.955 bits per heavy atom. The van der Waals surface area contributed by atoms with Crippen molar-refractivity contribution in [1.29, 1.82) is 0 Å². The summed E-state index contributed by atoms with van der Waals surface area (Å²) in [6, 6.07) is 9.62. The quantitative estimate of drug-likeness (QED) is 0.739. The Morgan fingerprint density at radius 2 is 1.82 bits per heavy atom. The van der Waals surface area contributed by atoms with Gasteiger partial charge >= 0.3 is 0 Å². The van der Waals surface area contributed by atoms with Gasteiger partial charge in [-0.15, -0.1) is 0 Å². The molecule has 1 aliphatic rings. The first-order chi connectivity index (χ1) is 10.9.